The maximum absolute atomic E-state index is 5.79. The number of pyridine rings is 1. The van der Waals surface area contributed by atoms with Gasteiger partial charge in [0, 0.05) is 35.0 Å². The van der Waals surface area contributed by atoms with Gasteiger partial charge >= 0.3 is 0 Å². The van der Waals surface area contributed by atoms with Crippen LogP contribution in [0.4, 0.5) is 5.69 Å². The molecule has 158 valence electrons. The molecular weight excluding hydrogens is 404 g/mol. The van der Waals surface area contributed by atoms with Crippen LogP contribution in [0.1, 0.15) is 17.0 Å². The number of methoxy groups -OCH3 is 1. The van der Waals surface area contributed by atoms with Gasteiger partial charge < -0.3 is 19.9 Å². The van der Waals surface area contributed by atoms with E-state index in [1.807, 2.05) is 48.7 Å². The monoisotopic (exact) mass is 430 g/mol. The predicted molar refractivity (Wildman–Crippen MR) is 131 cm³/mol. The zero-order valence-corrected chi connectivity index (χ0v) is 18.6. The molecule has 0 amide bonds. The number of nitrogens with one attached hydrogen (secondary N) is 2. The first kappa shape index (κ1) is 20.9. The van der Waals surface area contributed by atoms with Crippen LogP contribution in [0, 0.1) is 6.92 Å². The Labute approximate surface area is 188 Å². The van der Waals surface area contributed by atoms with Gasteiger partial charge in [0.1, 0.15) is 5.75 Å². The average molecular weight is 431 g/mol. The fourth-order valence-corrected chi connectivity index (χ4v) is 3.99. The molecule has 2 aromatic carbocycles. The second kappa shape index (κ2) is 9.62. The van der Waals surface area contributed by atoms with Crippen LogP contribution in [0.5, 0.6) is 5.75 Å². The molecule has 0 aliphatic rings. The fraction of sp³-hybridized carbons (Fsp3) is 0.200. The minimum absolute atomic E-state index is 0.643. The summed E-state index contributed by atoms with van der Waals surface area (Å²) >= 11 is 5.79. The Morgan fingerprint density at radius 1 is 1.06 bits per heavy atom. The number of hydrogen-bond acceptors (Lipinski definition) is 3. The minimum atomic E-state index is 0.643. The van der Waals surface area contributed by atoms with Gasteiger partial charge in [0.15, 0.2) is 5.11 Å². The van der Waals surface area contributed by atoms with Crippen molar-refractivity contribution in [3.63, 3.8) is 0 Å². The second-order valence-corrected chi connectivity index (χ2v) is 7.81. The standard InChI is InChI=1S/C25H26N4OS/c1-18-22(23-8-3-4-9-24(23)27-18)14-16-29(17-20-7-5-6-15-26-20)25(31)28-19-10-12-21(30-2)13-11-19/h3-13,15,27H,14,16-17H2,1-2H3,(H,28,31). The molecular formula is C25H26N4OS. The molecule has 0 unspecified atom stereocenters. The van der Waals surface area contributed by atoms with Gasteiger partial charge in [-0.1, -0.05) is 24.3 Å². The molecule has 0 fully saturated rings. The molecule has 0 bridgehead atoms. The van der Waals surface area contributed by atoms with Crippen molar-refractivity contribution in [2.24, 2.45) is 0 Å². The summed E-state index contributed by atoms with van der Waals surface area (Å²) in [5.41, 5.74) is 5.62. The van der Waals surface area contributed by atoms with Gasteiger partial charge in [-0.05, 0) is 73.6 Å². The lowest BCUT2D eigenvalue weighted by Crippen LogP contribution is -2.36. The Morgan fingerprint density at radius 3 is 2.58 bits per heavy atom. The molecule has 2 N–H and O–H groups in total. The van der Waals surface area contributed by atoms with E-state index in [0.717, 1.165) is 30.1 Å². The van der Waals surface area contributed by atoms with Crippen LogP contribution in [0.15, 0.2) is 72.9 Å². The lowest BCUT2D eigenvalue weighted by Gasteiger charge is -2.26. The quantitative estimate of drug-likeness (QED) is 0.389. The number of ether oxygens (including phenoxy) is 1. The Bertz CT molecular complexity index is 1160. The molecule has 4 aromatic rings. The van der Waals surface area contributed by atoms with E-state index in [2.05, 4.69) is 51.4 Å². The van der Waals surface area contributed by atoms with Crippen LogP contribution >= 0.6 is 12.2 Å². The zero-order chi connectivity index (χ0) is 21.6. The Morgan fingerprint density at radius 2 is 1.84 bits per heavy atom. The van der Waals surface area contributed by atoms with Crippen molar-refractivity contribution in [2.45, 2.75) is 19.9 Å². The molecule has 2 aromatic heterocycles. The largest absolute Gasteiger partial charge is 0.497 e. The number of H-pyrrole nitrogens is 1. The van der Waals surface area contributed by atoms with Crippen molar-refractivity contribution in [3.05, 3.63) is 89.9 Å². The first-order chi connectivity index (χ1) is 15.1. The van der Waals surface area contributed by atoms with Crippen LogP contribution < -0.4 is 10.1 Å². The van der Waals surface area contributed by atoms with Crippen LogP contribution in [0.25, 0.3) is 10.9 Å². The number of nitrogens with zero attached hydrogens (tertiary/aromatic N) is 2. The van der Waals surface area contributed by atoms with E-state index in [0.29, 0.717) is 11.7 Å². The number of aromatic nitrogens is 2. The summed E-state index contributed by atoms with van der Waals surface area (Å²) in [6, 6.07) is 22.2. The minimum Gasteiger partial charge on any atom is -0.497 e. The SMILES string of the molecule is COc1ccc(NC(=S)N(CCc2c(C)[nH]c3ccccc23)Cc2ccccn2)cc1. The first-order valence-electron chi connectivity index (χ1n) is 10.3. The van der Waals surface area contributed by atoms with Gasteiger partial charge in [0.25, 0.3) is 0 Å². The third kappa shape index (κ3) is 5.03. The second-order valence-electron chi connectivity index (χ2n) is 7.43. The number of fused-ring (bicyclic) bond motifs is 1. The fourth-order valence-electron chi connectivity index (χ4n) is 3.72. The van der Waals surface area contributed by atoms with E-state index in [4.69, 9.17) is 17.0 Å². The number of aromatic amines is 1. The number of rotatable bonds is 7. The van der Waals surface area contributed by atoms with Gasteiger partial charge in [-0.2, -0.15) is 0 Å². The van der Waals surface area contributed by atoms with Crippen molar-refractivity contribution in [1.82, 2.24) is 14.9 Å². The Kier molecular flexibility index (Phi) is 6.48. The molecule has 0 atom stereocenters. The van der Waals surface area contributed by atoms with Crippen molar-refractivity contribution < 1.29 is 4.74 Å². The third-order valence-corrected chi connectivity index (χ3v) is 5.73. The van der Waals surface area contributed by atoms with E-state index in [-0.39, 0.29) is 0 Å². The van der Waals surface area contributed by atoms with Crippen molar-refractivity contribution in [2.75, 3.05) is 19.0 Å². The highest BCUT2D eigenvalue weighted by Crippen LogP contribution is 2.23. The smallest absolute Gasteiger partial charge is 0.173 e. The Balaban J connectivity index is 1.53. The topological polar surface area (TPSA) is 53.2 Å². The summed E-state index contributed by atoms with van der Waals surface area (Å²) in [7, 11) is 1.66. The maximum Gasteiger partial charge on any atom is 0.173 e. The Hall–Kier alpha value is -3.38. The van der Waals surface area contributed by atoms with Crippen LogP contribution in [-0.2, 0) is 13.0 Å². The predicted octanol–water partition coefficient (Wildman–Crippen LogP) is 5.32. The number of para-hydroxylation sites is 1. The highest BCUT2D eigenvalue weighted by Gasteiger charge is 2.15. The molecule has 4 rings (SSSR count). The third-order valence-electron chi connectivity index (χ3n) is 5.37. The summed E-state index contributed by atoms with van der Waals surface area (Å²) in [5, 5.41) is 5.31. The van der Waals surface area contributed by atoms with E-state index in [1.54, 1.807) is 7.11 Å². The van der Waals surface area contributed by atoms with Gasteiger partial charge in [0.05, 0.1) is 19.3 Å². The number of anilines is 1. The summed E-state index contributed by atoms with van der Waals surface area (Å²) < 4.78 is 5.24. The number of aryl methyl sites for hydroxylation is 1. The molecule has 0 spiro atoms. The van der Waals surface area contributed by atoms with E-state index >= 15 is 0 Å². The summed E-state index contributed by atoms with van der Waals surface area (Å²) in [6.45, 7) is 3.55. The van der Waals surface area contributed by atoms with Gasteiger partial charge in [0.2, 0.25) is 0 Å². The molecule has 0 saturated heterocycles. The van der Waals surface area contributed by atoms with Gasteiger partial charge in [-0.25, -0.2) is 0 Å². The van der Waals surface area contributed by atoms with Crippen LogP contribution in [-0.4, -0.2) is 33.6 Å². The number of benzene rings is 2. The van der Waals surface area contributed by atoms with Crippen molar-refractivity contribution >= 4 is 33.9 Å². The summed E-state index contributed by atoms with van der Waals surface area (Å²) in [6.07, 6.45) is 2.70. The summed E-state index contributed by atoms with van der Waals surface area (Å²) in [4.78, 5) is 10.2. The lowest BCUT2D eigenvalue weighted by atomic mass is 10.1. The summed E-state index contributed by atoms with van der Waals surface area (Å²) in [5.74, 6) is 0.816. The zero-order valence-electron chi connectivity index (χ0n) is 17.8. The van der Waals surface area contributed by atoms with E-state index in [9.17, 15) is 0 Å². The van der Waals surface area contributed by atoms with Gasteiger partial charge in [-0.15, -0.1) is 0 Å². The highest BCUT2D eigenvalue weighted by atomic mass is 32.1. The van der Waals surface area contributed by atoms with Crippen LogP contribution in [0.2, 0.25) is 0 Å². The van der Waals surface area contributed by atoms with E-state index in [1.165, 1.54) is 22.2 Å². The normalized spacial score (nSPS) is 10.8. The number of hydrogen-bond donors (Lipinski definition) is 2. The highest BCUT2D eigenvalue weighted by molar-refractivity contribution is 7.80. The average Bonchev–Trinajstić information content (AvgIpc) is 3.12. The van der Waals surface area contributed by atoms with E-state index < -0.39 is 0 Å². The maximum atomic E-state index is 5.79. The molecule has 0 aliphatic carbocycles. The van der Waals surface area contributed by atoms with Crippen LogP contribution in [0.3, 0.4) is 0 Å². The molecule has 5 nitrogen and oxygen atoms in total. The molecule has 31 heavy (non-hydrogen) atoms. The molecule has 6 heteroatoms. The molecule has 0 aliphatic heterocycles. The van der Waals surface area contributed by atoms with Gasteiger partial charge in [-0.3, -0.25) is 4.98 Å². The van der Waals surface area contributed by atoms with Crippen molar-refractivity contribution in [1.29, 1.82) is 0 Å². The van der Waals surface area contributed by atoms with Crippen molar-refractivity contribution in [3.8, 4) is 5.75 Å². The molecule has 2 heterocycles. The molecule has 0 radical (unpaired) electrons. The first-order valence-corrected chi connectivity index (χ1v) is 10.7. The number of thiocarbonyl (C=S) groups is 1. The lowest BCUT2D eigenvalue weighted by molar-refractivity contribution is 0.414. The molecule has 0 saturated carbocycles.